The van der Waals surface area contributed by atoms with Gasteiger partial charge in [0.1, 0.15) is 11.4 Å². The van der Waals surface area contributed by atoms with Crippen molar-refractivity contribution < 1.29 is 33.3 Å². The highest BCUT2D eigenvalue weighted by atomic mass is 16.5. The van der Waals surface area contributed by atoms with Gasteiger partial charge in [0.2, 0.25) is 11.8 Å². The van der Waals surface area contributed by atoms with E-state index < -0.39 is 6.04 Å². The fourth-order valence-corrected chi connectivity index (χ4v) is 5.68. The van der Waals surface area contributed by atoms with E-state index >= 15 is 0 Å². The molecular weight excluding hydrogens is 578 g/mol. The topological polar surface area (TPSA) is 135 Å². The molecule has 4 bridgehead atoms. The van der Waals surface area contributed by atoms with E-state index in [0.29, 0.717) is 67.6 Å². The number of carbonyl (C=O) groups is 3. The largest absolute Gasteiger partial charge is 0.493 e. The Balaban J connectivity index is 1.41. The van der Waals surface area contributed by atoms with Crippen molar-refractivity contribution in [2.45, 2.75) is 51.4 Å². The third-order valence-corrected chi connectivity index (χ3v) is 8.13. The number of aromatic amines is 1. The fraction of sp³-hybridized carbons (Fsp3) is 0.455. The van der Waals surface area contributed by atoms with Crippen LogP contribution in [-0.2, 0) is 32.1 Å². The number of benzene rings is 2. The normalized spacial score (nSPS) is 19.5. The SMILES string of the molecule is COCCCN1CC(=O)N[C@H]2CN(C(=O)c3nc[nH]c3C)CC[C@H]2OCc2cccc(c2)Oc2ccc(cc2OC)CCC1=O. The van der Waals surface area contributed by atoms with Crippen molar-refractivity contribution in [3.8, 4) is 17.2 Å². The number of imidazole rings is 1. The number of fused-ring (bicyclic) bond motifs is 9. The third kappa shape index (κ3) is 8.20. The van der Waals surface area contributed by atoms with E-state index in [2.05, 4.69) is 15.3 Å². The number of hydrogen-bond donors (Lipinski definition) is 2. The number of piperidine rings is 1. The van der Waals surface area contributed by atoms with Crippen LogP contribution in [0.2, 0.25) is 0 Å². The summed E-state index contributed by atoms with van der Waals surface area (Å²) in [6, 6.07) is 12.7. The number of nitrogens with one attached hydrogen (secondary N) is 2. The van der Waals surface area contributed by atoms with Crippen LogP contribution in [0.1, 0.15) is 46.6 Å². The maximum atomic E-state index is 13.5. The first-order valence-electron chi connectivity index (χ1n) is 15.2. The van der Waals surface area contributed by atoms with Crippen molar-refractivity contribution in [2.75, 3.05) is 47.0 Å². The lowest BCUT2D eigenvalue weighted by Crippen LogP contribution is -2.58. The molecule has 240 valence electrons. The second kappa shape index (κ2) is 15.0. The summed E-state index contributed by atoms with van der Waals surface area (Å²) in [5.41, 5.74) is 2.85. The average molecular weight is 620 g/mol. The smallest absolute Gasteiger partial charge is 0.274 e. The molecule has 0 unspecified atom stereocenters. The van der Waals surface area contributed by atoms with E-state index in [0.717, 1.165) is 11.1 Å². The number of hydrogen-bond acceptors (Lipinski definition) is 8. The summed E-state index contributed by atoms with van der Waals surface area (Å²) in [7, 11) is 3.19. The maximum Gasteiger partial charge on any atom is 0.274 e. The number of H-pyrrole nitrogens is 1. The van der Waals surface area contributed by atoms with E-state index in [1.807, 2.05) is 42.5 Å². The highest BCUT2D eigenvalue weighted by molar-refractivity contribution is 5.93. The predicted octanol–water partition coefficient (Wildman–Crippen LogP) is 3.25. The number of ether oxygens (including phenoxy) is 4. The van der Waals surface area contributed by atoms with Crippen LogP contribution in [0.3, 0.4) is 0 Å². The van der Waals surface area contributed by atoms with Crippen molar-refractivity contribution in [2.24, 2.45) is 0 Å². The Hall–Kier alpha value is -4.42. The molecule has 3 amide bonds. The van der Waals surface area contributed by atoms with Gasteiger partial charge in [-0.15, -0.1) is 0 Å². The Morgan fingerprint density at radius 2 is 1.98 bits per heavy atom. The summed E-state index contributed by atoms with van der Waals surface area (Å²) in [6.07, 6.45) is 2.91. The Morgan fingerprint density at radius 3 is 2.76 bits per heavy atom. The van der Waals surface area contributed by atoms with Gasteiger partial charge in [0, 0.05) is 45.5 Å². The van der Waals surface area contributed by atoms with Crippen LogP contribution in [0.4, 0.5) is 0 Å². The van der Waals surface area contributed by atoms with Gasteiger partial charge < -0.3 is 39.0 Å². The molecule has 0 saturated carbocycles. The summed E-state index contributed by atoms with van der Waals surface area (Å²) >= 11 is 0. The summed E-state index contributed by atoms with van der Waals surface area (Å²) in [4.78, 5) is 50.6. The molecule has 2 aromatic carbocycles. The molecule has 12 heteroatoms. The summed E-state index contributed by atoms with van der Waals surface area (Å²) in [5, 5.41) is 3.08. The second-order valence-electron chi connectivity index (χ2n) is 11.3. The average Bonchev–Trinajstić information content (AvgIpc) is 3.48. The number of rotatable bonds is 6. The number of likely N-dealkylation sites (tertiary alicyclic amines) is 1. The molecule has 2 N–H and O–H groups in total. The molecule has 3 aliphatic heterocycles. The molecule has 2 atom stereocenters. The molecule has 4 heterocycles. The number of carbonyl (C=O) groups excluding carboxylic acids is 3. The van der Waals surface area contributed by atoms with E-state index in [1.54, 1.807) is 30.9 Å². The van der Waals surface area contributed by atoms with Gasteiger partial charge >= 0.3 is 0 Å². The first-order valence-corrected chi connectivity index (χ1v) is 15.2. The molecule has 1 fully saturated rings. The molecule has 0 radical (unpaired) electrons. The fourth-order valence-electron chi connectivity index (χ4n) is 5.68. The van der Waals surface area contributed by atoms with Crippen LogP contribution in [0.25, 0.3) is 0 Å². The Kier molecular flexibility index (Phi) is 10.7. The zero-order valence-corrected chi connectivity index (χ0v) is 26.0. The highest BCUT2D eigenvalue weighted by Gasteiger charge is 2.35. The minimum Gasteiger partial charge on any atom is -0.493 e. The van der Waals surface area contributed by atoms with Crippen LogP contribution in [0.15, 0.2) is 48.8 Å². The second-order valence-corrected chi connectivity index (χ2v) is 11.3. The van der Waals surface area contributed by atoms with Crippen LogP contribution < -0.4 is 14.8 Å². The van der Waals surface area contributed by atoms with Gasteiger partial charge in [0.15, 0.2) is 11.5 Å². The zero-order chi connectivity index (χ0) is 31.8. The van der Waals surface area contributed by atoms with Gasteiger partial charge in [0.05, 0.1) is 38.7 Å². The lowest BCUT2D eigenvalue weighted by atomic mass is 10.0. The van der Waals surface area contributed by atoms with Gasteiger partial charge in [-0.2, -0.15) is 0 Å². The molecule has 3 aliphatic rings. The van der Waals surface area contributed by atoms with Gasteiger partial charge in [0.25, 0.3) is 5.91 Å². The number of aromatic nitrogens is 2. The molecule has 12 nitrogen and oxygen atoms in total. The van der Waals surface area contributed by atoms with Crippen molar-refractivity contribution in [3.05, 3.63) is 71.3 Å². The molecular formula is C33H41N5O7. The zero-order valence-electron chi connectivity index (χ0n) is 26.0. The van der Waals surface area contributed by atoms with Crippen molar-refractivity contribution >= 4 is 17.7 Å². The monoisotopic (exact) mass is 619 g/mol. The maximum absolute atomic E-state index is 13.5. The van der Waals surface area contributed by atoms with Crippen molar-refractivity contribution in [1.29, 1.82) is 0 Å². The Morgan fingerprint density at radius 1 is 1.11 bits per heavy atom. The molecule has 0 spiro atoms. The van der Waals surface area contributed by atoms with Gasteiger partial charge in [-0.1, -0.05) is 18.2 Å². The van der Waals surface area contributed by atoms with Crippen LogP contribution in [-0.4, -0.2) is 96.6 Å². The predicted molar refractivity (Wildman–Crippen MR) is 165 cm³/mol. The van der Waals surface area contributed by atoms with Crippen LogP contribution in [0.5, 0.6) is 17.2 Å². The molecule has 0 aliphatic carbocycles. The van der Waals surface area contributed by atoms with Gasteiger partial charge in [-0.05, 0) is 61.6 Å². The van der Waals surface area contributed by atoms with Crippen LogP contribution in [0, 0.1) is 6.92 Å². The third-order valence-electron chi connectivity index (χ3n) is 8.13. The quantitative estimate of drug-likeness (QED) is 0.402. The summed E-state index contributed by atoms with van der Waals surface area (Å²) in [6.45, 7) is 3.49. The summed E-state index contributed by atoms with van der Waals surface area (Å²) in [5.74, 6) is 1.08. The summed E-state index contributed by atoms with van der Waals surface area (Å²) < 4.78 is 23.4. The first kappa shape index (κ1) is 32.0. The number of aryl methyl sites for hydroxylation is 2. The minimum absolute atomic E-state index is 0.115. The van der Waals surface area contributed by atoms with Crippen molar-refractivity contribution in [3.63, 3.8) is 0 Å². The van der Waals surface area contributed by atoms with E-state index in [1.165, 1.54) is 6.33 Å². The standard InChI is InChI=1S/C33H41N5O7/c1-22-32(35-21-34-22)33(41)38-14-12-27-26(18-38)36-30(39)19-37(13-5-15-42-2)31(40)11-9-23-8-10-28(29(17-23)43-3)45-25-7-4-6-24(16-25)20-44-27/h4,6-8,10,16-17,21,26-27H,5,9,11-15,18-20H2,1-3H3,(H,34,35)(H,36,39)/t26-,27+/m0/s1. The minimum atomic E-state index is -0.494. The molecule has 6 rings (SSSR count). The van der Waals surface area contributed by atoms with E-state index in [-0.39, 0.29) is 49.9 Å². The number of amides is 3. The van der Waals surface area contributed by atoms with Gasteiger partial charge in [-0.25, -0.2) is 4.98 Å². The molecule has 1 aromatic heterocycles. The number of methoxy groups -OCH3 is 2. The lowest BCUT2D eigenvalue weighted by molar-refractivity contribution is -0.137. The first-order chi connectivity index (χ1) is 21.8. The molecule has 1 saturated heterocycles. The van der Waals surface area contributed by atoms with Crippen molar-refractivity contribution in [1.82, 2.24) is 25.1 Å². The highest BCUT2D eigenvalue weighted by Crippen LogP contribution is 2.33. The van der Waals surface area contributed by atoms with Crippen LogP contribution >= 0.6 is 0 Å². The Labute approximate surface area is 263 Å². The van der Waals surface area contributed by atoms with Gasteiger partial charge in [-0.3, -0.25) is 14.4 Å². The Bertz CT molecular complexity index is 1490. The van der Waals surface area contributed by atoms with E-state index in [9.17, 15) is 14.4 Å². The molecule has 3 aromatic rings. The number of nitrogens with zero attached hydrogens (tertiary/aromatic N) is 3. The molecule has 45 heavy (non-hydrogen) atoms. The van der Waals surface area contributed by atoms with E-state index in [4.69, 9.17) is 18.9 Å². The lowest BCUT2D eigenvalue weighted by Gasteiger charge is -2.39.